The lowest BCUT2D eigenvalue weighted by Crippen LogP contribution is -2.53. The van der Waals surface area contributed by atoms with E-state index in [9.17, 15) is 10.1 Å². The summed E-state index contributed by atoms with van der Waals surface area (Å²) in [5.74, 6) is 0. The largest absolute Gasteiger partial charge is 0.379 e. The maximum Gasteiger partial charge on any atom is 0.293 e. The maximum absolute atomic E-state index is 11.1. The Morgan fingerprint density at radius 2 is 2.10 bits per heavy atom. The Morgan fingerprint density at radius 1 is 1.43 bits per heavy atom. The predicted molar refractivity (Wildman–Crippen MR) is 83.1 cm³/mol. The van der Waals surface area contributed by atoms with Crippen LogP contribution in [0.4, 0.5) is 11.4 Å². The summed E-state index contributed by atoms with van der Waals surface area (Å²) in [6.45, 7) is 8.04. The molecule has 1 aromatic rings. The first-order valence-corrected chi connectivity index (χ1v) is 7.28. The molecule has 0 saturated carbocycles. The lowest BCUT2D eigenvalue weighted by Gasteiger charge is -2.41. The molecule has 1 saturated heterocycles. The van der Waals surface area contributed by atoms with E-state index in [1.165, 1.54) is 6.07 Å². The van der Waals surface area contributed by atoms with E-state index in [0.29, 0.717) is 17.3 Å². The molecule has 2 rings (SSSR count). The molecule has 0 spiro atoms. The highest BCUT2D eigenvalue weighted by Gasteiger charge is 2.28. The van der Waals surface area contributed by atoms with Gasteiger partial charge in [0.1, 0.15) is 5.69 Å². The first-order valence-electron chi connectivity index (χ1n) is 6.91. The molecule has 116 valence electrons. The van der Waals surface area contributed by atoms with Gasteiger partial charge in [0.2, 0.25) is 0 Å². The van der Waals surface area contributed by atoms with E-state index in [-0.39, 0.29) is 11.2 Å². The van der Waals surface area contributed by atoms with Crippen LogP contribution in [0.3, 0.4) is 0 Å². The van der Waals surface area contributed by atoms with Crippen LogP contribution in [-0.2, 0) is 4.74 Å². The normalized spacial score (nSPS) is 16.7. The fraction of sp³-hybridized carbons (Fsp3) is 0.571. The highest BCUT2D eigenvalue weighted by Crippen LogP contribution is 2.28. The molecule has 1 aromatic carbocycles. The van der Waals surface area contributed by atoms with Gasteiger partial charge in [-0.2, -0.15) is 0 Å². The van der Waals surface area contributed by atoms with Gasteiger partial charge in [0, 0.05) is 36.3 Å². The van der Waals surface area contributed by atoms with Crippen LogP contribution < -0.4 is 5.32 Å². The SMILES string of the molecule is CC(C)(CNc1ccc(Cl)cc1[N+](=O)[O-])N1CCOCC1. The Balaban J connectivity index is 2.06. The summed E-state index contributed by atoms with van der Waals surface area (Å²) < 4.78 is 5.36. The number of ether oxygens (including phenoxy) is 1. The van der Waals surface area contributed by atoms with E-state index in [2.05, 4.69) is 24.1 Å². The van der Waals surface area contributed by atoms with Crippen molar-refractivity contribution in [3.05, 3.63) is 33.3 Å². The molecule has 1 fully saturated rings. The van der Waals surface area contributed by atoms with E-state index in [4.69, 9.17) is 16.3 Å². The zero-order valence-electron chi connectivity index (χ0n) is 12.3. The third-order valence-corrected chi connectivity index (χ3v) is 3.97. The van der Waals surface area contributed by atoms with Crippen LogP contribution in [0.2, 0.25) is 5.02 Å². The Labute approximate surface area is 129 Å². The zero-order valence-corrected chi connectivity index (χ0v) is 13.0. The summed E-state index contributed by atoms with van der Waals surface area (Å²) in [6.07, 6.45) is 0. The van der Waals surface area contributed by atoms with Gasteiger partial charge in [0.15, 0.2) is 0 Å². The molecule has 1 aliphatic heterocycles. The van der Waals surface area contributed by atoms with E-state index >= 15 is 0 Å². The van der Waals surface area contributed by atoms with Crippen LogP contribution in [-0.4, -0.2) is 48.2 Å². The molecule has 0 aromatic heterocycles. The molecule has 6 nitrogen and oxygen atoms in total. The standard InChI is InChI=1S/C14H20ClN3O3/c1-14(2,17-5-7-21-8-6-17)10-16-12-4-3-11(15)9-13(12)18(19)20/h3-4,9,16H,5-8,10H2,1-2H3. The number of nitrogens with zero attached hydrogens (tertiary/aromatic N) is 2. The quantitative estimate of drug-likeness (QED) is 0.668. The summed E-state index contributed by atoms with van der Waals surface area (Å²) in [5, 5.41) is 14.6. The molecular weight excluding hydrogens is 294 g/mol. The molecule has 1 aliphatic rings. The van der Waals surface area contributed by atoms with Gasteiger partial charge in [-0.15, -0.1) is 0 Å². The minimum absolute atomic E-state index is 0.000257. The molecule has 1 heterocycles. The van der Waals surface area contributed by atoms with Gasteiger partial charge in [-0.3, -0.25) is 15.0 Å². The second-order valence-electron chi connectivity index (χ2n) is 5.68. The van der Waals surface area contributed by atoms with Crippen LogP contribution in [0.15, 0.2) is 18.2 Å². The van der Waals surface area contributed by atoms with Gasteiger partial charge in [-0.25, -0.2) is 0 Å². The van der Waals surface area contributed by atoms with Crippen molar-refractivity contribution in [1.29, 1.82) is 0 Å². The number of anilines is 1. The third-order valence-electron chi connectivity index (χ3n) is 3.74. The monoisotopic (exact) mass is 313 g/mol. The van der Waals surface area contributed by atoms with Crippen molar-refractivity contribution in [3.8, 4) is 0 Å². The first-order chi connectivity index (χ1) is 9.90. The van der Waals surface area contributed by atoms with Crippen molar-refractivity contribution in [3.63, 3.8) is 0 Å². The molecule has 0 aliphatic carbocycles. The van der Waals surface area contributed by atoms with E-state index in [1.54, 1.807) is 12.1 Å². The molecule has 0 bridgehead atoms. The molecule has 7 heteroatoms. The number of rotatable bonds is 5. The summed E-state index contributed by atoms with van der Waals surface area (Å²) >= 11 is 5.82. The topological polar surface area (TPSA) is 67.6 Å². The van der Waals surface area contributed by atoms with Crippen LogP contribution in [0.1, 0.15) is 13.8 Å². The summed E-state index contributed by atoms with van der Waals surface area (Å²) in [6, 6.07) is 4.67. The van der Waals surface area contributed by atoms with Crippen LogP contribution in [0.5, 0.6) is 0 Å². The van der Waals surface area contributed by atoms with Crippen LogP contribution in [0.25, 0.3) is 0 Å². The molecule has 0 amide bonds. The zero-order chi connectivity index (χ0) is 15.5. The first kappa shape index (κ1) is 16.0. The van der Waals surface area contributed by atoms with E-state index in [0.717, 1.165) is 26.3 Å². The molecule has 21 heavy (non-hydrogen) atoms. The third kappa shape index (κ3) is 4.06. The number of hydrogen-bond donors (Lipinski definition) is 1. The smallest absolute Gasteiger partial charge is 0.293 e. The number of morpholine rings is 1. The van der Waals surface area contributed by atoms with Crippen molar-refractivity contribution in [2.24, 2.45) is 0 Å². The number of nitro groups is 1. The second kappa shape index (κ2) is 6.60. The average molecular weight is 314 g/mol. The van der Waals surface area contributed by atoms with Gasteiger partial charge in [-0.05, 0) is 26.0 Å². The number of hydrogen-bond acceptors (Lipinski definition) is 5. The molecule has 0 atom stereocenters. The maximum atomic E-state index is 11.1. The van der Waals surface area contributed by atoms with Gasteiger partial charge in [-0.1, -0.05) is 11.6 Å². The lowest BCUT2D eigenvalue weighted by atomic mass is 10.0. The molecule has 0 unspecified atom stereocenters. The number of nitro benzene ring substituents is 1. The van der Waals surface area contributed by atoms with Gasteiger partial charge in [0.05, 0.1) is 18.1 Å². The Kier molecular flexibility index (Phi) is 5.03. The van der Waals surface area contributed by atoms with Crippen LogP contribution in [0, 0.1) is 10.1 Å². The fourth-order valence-corrected chi connectivity index (χ4v) is 2.56. The van der Waals surface area contributed by atoms with Gasteiger partial charge < -0.3 is 10.1 Å². The average Bonchev–Trinajstić information content (AvgIpc) is 2.47. The predicted octanol–water partition coefficient (Wildman–Crippen LogP) is 2.77. The van der Waals surface area contributed by atoms with Crippen molar-refractivity contribution >= 4 is 23.0 Å². The minimum Gasteiger partial charge on any atom is -0.379 e. The second-order valence-corrected chi connectivity index (χ2v) is 6.12. The Bertz CT molecular complexity index is 516. The number of nitrogens with one attached hydrogen (secondary N) is 1. The fourth-order valence-electron chi connectivity index (χ4n) is 2.40. The van der Waals surface area contributed by atoms with E-state index < -0.39 is 4.92 Å². The Hall–Kier alpha value is -1.37. The highest BCUT2D eigenvalue weighted by molar-refractivity contribution is 6.30. The number of halogens is 1. The van der Waals surface area contributed by atoms with Crippen molar-refractivity contribution in [2.75, 3.05) is 38.2 Å². The van der Waals surface area contributed by atoms with Gasteiger partial charge >= 0.3 is 0 Å². The van der Waals surface area contributed by atoms with Gasteiger partial charge in [0.25, 0.3) is 5.69 Å². The minimum atomic E-state index is -0.421. The highest BCUT2D eigenvalue weighted by atomic mass is 35.5. The van der Waals surface area contributed by atoms with Crippen LogP contribution >= 0.6 is 11.6 Å². The Morgan fingerprint density at radius 3 is 2.71 bits per heavy atom. The summed E-state index contributed by atoms with van der Waals surface area (Å²) in [5.41, 5.74) is 0.378. The lowest BCUT2D eigenvalue weighted by molar-refractivity contribution is -0.383. The van der Waals surface area contributed by atoms with Crippen molar-refractivity contribution < 1.29 is 9.66 Å². The molecule has 1 N–H and O–H groups in total. The molecule has 0 radical (unpaired) electrons. The number of benzene rings is 1. The van der Waals surface area contributed by atoms with Crippen molar-refractivity contribution in [1.82, 2.24) is 4.90 Å². The van der Waals surface area contributed by atoms with Crippen molar-refractivity contribution in [2.45, 2.75) is 19.4 Å². The summed E-state index contributed by atoms with van der Waals surface area (Å²) in [7, 11) is 0. The summed E-state index contributed by atoms with van der Waals surface area (Å²) in [4.78, 5) is 13.0. The van der Waals surface area contributed by atoms with E-state index in [1.807, 2.05) is 0 Å². The molecular formula is C14H20ClN3O3.